The number of hydrogen-bond donors (Lipinski definition) is 1. The average molecular weight is 212 g/mol. The van der Waals surface area contributed by atoms with Crippen molar-refractivity contribution >= 4 is 18.5 Å². The lowest BCUT2D eigenvalue weighted by Gasteiger charge is -1.98. The van der Waals surface area contributed by atoms with Gasteiger partial charge in [0.15, 0.2) is 0 Å². The quantitative estimate of drug-likeness (QED) is 0.806. The van der Waals surface area contributed by atoms with Crippen LogP contribution in [0.15, 0.2) is 24.8 Å². The van der Waals surface area contributed by atoms with Crippen LogP contribution in [0.25, 0.3) is 6.08 Å². The lowest BCUT2D eigenvalue weighted by Crippen LogP contribution is -2.07. The number of nitrogens with zero attached hydrogens (tertiary/aromatic N) is 2. The molecule has 1 aromatic rings. The molecule has 14 heavy (non-hydrogen) atoms. The summed E-state index contributed by atoms with van der Waals surface area (Å²) < 4.78 is 0. The molecular formula is C10H14ClN3. The van der Waals surface area contributed by atoms with E-state index in [-0.39, 0.29) is 12.4 Å². The van der Waals surface area contributed by atoms with Crippen LogP contribution in [0.5, 0.6) is 0 Å². The van der Waals surface area contributed by atoms with Gasteiger partial charge >= 0.3 is 0 Å². The third-order valence-electron chi connectivity index (χ3n) is 2.24. The van der Waals surface area contributed by atoms with Crippen LogP contribution >= 0.6 is 12.4 Å². The minimum Gasteiger partial charge on any atom is -0.316 e. The van der Waals surface area contributed by atoms with Crippen molar-refractivity contribution in [1.29, 1.82) is 0 Å². The maximum Gasteiger partial charge on any atom is 0.115 e. The van der Waals surface area contributed by atoms with Gasteiger partial charge in [0, 0.05) is 24.5 Å². The third-order valence-corrected chi connectivity index (χ3v) is 2.24. The summed E-state index contributed by atoms with van der Waals surface area (Å²) in [6.45, 7) is 2.24. The van der Waals surface area contributed by atoms with Gasteiger partial charge in [-0.05, 0) is 18.9 Å². The lowest BCUT2D eigenvalue weighted by atomic mass is 10.1. The molecule has 2 heterocycles. The van der Waals surface area contributed by atoms with Crippen LogP contribution in [0.4, 0.5) is 0 Å². The van der Waals surface area contributed by atoms with Crippen molar-refractivity contribution in [1.82, 2.24) is 15.3 Å². The summed E-state index contributed by atoms with van der Waals surface area (Å²) >= 11 is 0. The molecule has 0 aromatic carbocycles. The molecule has 1 atom stereocenters. The van der Waals surface area contributed by atoms with Crippen molar-refractivity contribution in [2.24, 2.45) is 5.92 Å². The monoisotopic (exact) mass is 211 g/mol. The molecular weight excluding hydrogens is 198 g/mol. The van der Waals surface area contributed by atoms with Crippen molar-refractivity contribution < 1.29 is 0 Å². The van der Waals surface area contributed by atoms with E-state index in [1.807, 2.05) is 12.4 Å². The predicted molar refractivity (Wildman–Crippen MR) is 59.3 cm³/mol. The second-order valence-electron chi connectivity index (χ2n) is 3.28. The second kappa shape index (κ2) is 5.73. The predicted octanol–water partition coefficient (Wildman–Crippen LogP) is 1.52. The maximum atomic E-state index is 3.95. The Bertz CT molecular complexity index is 281. The summed E-state index contributed by atoms with van der Waals surface area (Å²) in [5.41, 5.74) is 1.08. The smallest absolute Gasteiger partial charge is 0.115 e. The highest BCUT2D eigenvalue weighted by atomic mass is 35.5. The van der Waals surface area contributed by atoms with E-state index in [1.54, 1.807) is 6.33 Å². The van der Waals surface area contributed by atoms with Crippen LogP contribution in [-0.2, 0) is 0 Å². The van der Waals surface area contributed by atoms with Gasteiger partial charge in [-0.25, -0.2) is 9.97 Å². The van der Waals surface area contributed by atoms with Crippen molar-refractivity contribution in [2.75, 3.05) is 13.1 Å². The Hall–Kier alpha value is -0.930. The zero-order valence-electron chi connectivity index (χ0n) is 7.89. The molecule has 4 heteroatoms. The van der Waals surface area contributed by atoms with Gasteiger partial charge in [-0.3, -0.25) is 0 Å². The lowest BCUT2D eigenvalue weighted by molar-refractivity contribution is 0.731. The first kappa shape index (κ1) is 11.1. The standard InChI is InChI=1S/C10H13N3.ClH/c1(9-3-4-11-5-9)2-10-6-12-8-13-7-10;/h1-2,6-9,11H,3-5H2;1H/b2-1+;/t9-;/m0./s1. The minimum atomic E-state index is 0. The SMILES string of the molecule is C(=C\[C@H]1CCNC1)/c1cncnc1.Cl. The fraction of sp³-hybridized carbons (Fsp3) is 0.400. The average Bonchev–Trinajstić information content (AvgIpc) is 2.69. The molecule has 1 fully saturated rings. The van der Waals surface area contributed by atoms with Gasteiger partial charge in [-0.1, -0.05) is 12.2 Å². The molecule has 2 rings (SSSR count). The highest BCUT2D eigenvalue weighted by molar-refractivity contribution is 5.85. The molecule has 1 N–H and O–H groups in total. The summed E-state index contributed by atoms with van der Waals surface area (Å²) in [6, 6.07) is 0. The topological polar surface area (TPSA) is 37.8 Å². The van der Waals surface area contributed by atoms with Crippen molar-refractivity contribution in [3.63, 3.8) is 0 Å². The van der Waals surface area contributed by atoms with Gasteiger partial charge in [0.2, 0.25) is 0 Å². The first-order valence-corrected chi connectivity index (χ1v) is 4.59. The van der Waals surface area contributed by atoms with E-state index < -0.39 is 0 Å². The highest BCUT2D eigenvalue weighted by Gasteiger charge is 2.09. The summed E-state index contributed by atoms with van der Waals surface area (Å²) in [5.74, 6) is 0.681. The molecule has 0 radical (unpaired) electrons. The first-order chi connectivity index (χ1) is 6.45. The molecule has 0 spiro atoms. The molecule has 0 saturated carbocycles. The van der Waals surface area contributed by atoms with Crippen LogP contribution in [-0.4, -0.2) is 23.1 Å². The molecule has 3 nitrogen and oxygen atoms in total. The van der Waals surface area contributed by atoms with Gasteiger partial charge < -0.3 is 5.32 Å². The zero-order chi connectivity index (χ0) is 8.93. The maximum absolute atomic E-state index is 3.95. The van der Waals surface area contributed by atoms with E-state index in [4.69, 9.17) is 0 Å². The fourth-order valence-corrected chi connectivity index (χ4v) is 1.49. The Morgan fingerprint density at radius 1 is 1.36 bits per heavy atom. The molecule has 1 aliphatic rings. The Balaban J connectivity index is 0.000000980. The first-order valence-electron chi connectivity index (χ1n) is 4.59. The van der Waals surface area contributed by atoms with Crippen LogP contribution in [0.1, 0.15) is 12.0 Å². The Morgan fingerprint density at radius 3 is 2.79 bits per heavy atom. The number of aromatic nitrogens is 2. The normalized spacial score (nSPS) is 21.0. The number of rotatable bonds is 2. The van der Waals surface area contributed by atoms with E-state index >= 15 is 0 Å². The Kier molecular flexibility index (Phi) is 4.56. The van der Waals surface area contributed by atoms with Crippen LogP contribution in [0.2, 0.25) is 0 Å². The van der Waals surface area contributed by atoms with E-state index in [0.29, 0.717) is 5.92 Å². The largest absolute Gasteiger partial charge is 0.316 e. The summed E-state index contributed by atoms with van der Waals surface area (Å²) in [5, 5.41) is 3.33. The van der Waals surface area contributed by atoms with Gasteiger partial charge in [0.25, 0.3) is 0 Å². The summed E-state index contributed by atoms with van der Waals surface area (Å²) in [7, 11) is 0. The zero-order valence-corrected chi connectivity index (χ0v) is 8.70. The van der Waals surface area contributed by atoms with Crippen LogP contribution in [0, 0.1) is 5.92 Å². The number of hydrogen-bond acceptors (Lipinski definition) is 3. The molecule has 0 amide bonds. The van der Waals surface area contributed by atoms with Gasteiger partial charge in [0.05, 0.1) is 0 Å². The van der Waals surface area contributed by atoms with E-state index in [0.717, 1.165) is 18.7 Å². The van der Waals surface area contributed by atoms with Crippen molar-refractivity contribution in [2.45, 2.75) is 6.42 Å². The van der Waals surface area contributed by atoms with E-state index in [1.165, 1.54) is 6.42 Å². The van der Waals surface area contributed by atoms with Crippen LogP contribution < -0.4 is 5.32 Å². The molecule has 1 aliphatic heterocycles. The highest BCUT2D eigenvalue weighted by Crippen LogP contribution is 2.10. The second-order valence-corrected chi connectivity index (χ2v) is 3.28. The van der Waals surface area contributed by atoms with E-state index in [9.17, 15) is 0 Å². The van der Waals surface area contributed by atoms with Gasteiger partial charge in [-0.15, -0.1) is 12.4 Å². The molecule has 0 unspecified atom stereocenters. The number of nitrogens with one attached hydrogen (secondary N) is 1. The number of halogens is 1. The fourth-order valence-electron chi connectivity index (χ4n) is 1.49. The van der Waals surface area contributed by atoms with Crippen molar-refractivity contribution in [3.8, 4) is 0 Å². The molecule has 1 saturated heterocycles. The molecule has 0 bridgehead atoms. The molecule has 1 aromatic heterocycles. The van der Waals surface area contributed by atoms with Gasteiger partial charge in [-0.2, -0.15) is 0 Å². The van der Waals surface area contributed by atoms with Crippen LogP contribution in [0.3, 0.4) is 0 Å². The van der Waals surface area contributed by atoms with E-state index in [2.05, 4.69) is 27.4 Å². The van der Waals surface area contributed by atoms with Crippen molar-refractivity contribution in [3.05, 3.63) is 30.4 Å². The minimum absolute atomic E-state index is 0. The summed E-state index contributed by atoms with van der Waals surface area (Å²) in [6.07, 6.45) is 10.8. The Labute approximate surface area is 90.1 Å². The third kappa shape index (κ3) is 3.09. The Morgan fingerprint density at radius 2 is 2.14 bits per heavy atom. The van der Waals surface area contributed by atoms with Gasteiger partial charge in [0.1, 0.15) is 6.33 Å². The molecule has 0 aliphatic carbocycles. The molecule has 76 valence electrons. The summed E-state index contributed by atoms with van der Waals surface area (Å²) in [4.78, 5) is 7.90.